The van der Waals surface area contributed by atoms with E-state index in [0.29, 0.717) is 17.1 Å². The molecule has 2 rings (SSSR count). The first-order valence-corrected chi connectivity index (χ1v) is 8.95. The fourth-order valence-corrected chi connectivity index (χ4v) is 3.01. The quantitative estimate of drug-likeness (QED) is 0.798. The molecule has 7 heteroatoms. The van der Waals surface area contributed by atoms with Crippen molar-refractivity contribution in [3.05, 3.63) is 52.6 Å². The van der Waals surface area contributed by atoms with Crippen LogP contribution >= 0.6 is 27.7 Å². The number of amides is 2. The second-order valence-corrected chi connectivity index (χ2v) is 7.18. The second kappa shape index (κ2) is 8.84. The zero-order valence-corrected chi connectivity index (χ0v) is 15.9. The van der Waals surface area contributed by atoms with Crippen molar-refractivity contribution in [2.75, 3.05) is 20.6 Å². The molecular weight excluding hydrogens is 390 g/mol. The Balaban J connectivity index is 2.03. The van der Waals surface area contributed by atoms with Crippen molar-refractivity contribution in [2.24, 2.45) is 0 Å². The van der Waals surface area contributed by atoms with Crippen molar-refractivity contribution in [2.45, 2.75) is 16.3 Å². The summed E-state index contributed by atoms with van der Waals surface area (Å²) in [4.78, 5) is 30.7. The summed E-state index contributed by atoms with van der Waals surface area (Å²) in [6.45, 7) is 0.299. The molecule has 126 valence electrons. The molecule has 5 nitrogen and oxygen atoms in total. The summed E-state index contributed by atoms with van der Waals surface area (Å²) in [7, 11) is 3.39. The van der Waals surface area contributed by atoms with Crippen molar-refractivity contribution in [3.63, 3.8) is 0 Å². The molecule has 24 heavy (non-hydrogen) atoms. The summed E-state index contributed by atoms with van der Waals surface area (Å²) in [5.41, 5.74) is 0.503. The predicted octanol–water partition coefficient (Wildman–Crippen LogP) is 3.20. The molecule has 0 radical (unpaired) electrons. The molecular formula is C17H18BrN3O2S. The zero-order chi connectivity index (χ0) is 17.5. The van der Waals surface area contributed by atoms with Crippen LogP contribution in [0.15, 0.2) is 57.0 Å². The number of hydrogen-bond acceptors (Lipinski definition) is 4. The van der Waals surface area contributed by atoms with Gasteiger partial charge in [0.15, 0.2) is 0 Å². The third-order valence-corrected chi connectivity index (χ3v) is 4.72. The molecule has 0 unspecified atom stereocenters. The normalized spacial score (nSPS) is 10.3. The molecule has 1 N–H and O–H groups in total. The third-order valence-electron chi connectivity index (χ3n) is 3.17. The molecule has 0 bridgehead atoms. The number of aromatic nitrogens is 1. The maximum Gasteiger partial charge on any atom is 0.254 e. The van der Waals surface area contributed by atoms with E-state index < -0.39 is 0 Å². The number of hydrogen-bond donors (Lipinski definition) is 1. The van der Waals surface area contributed by atoms with Gasteiger partial charge in [0.2, 0.25) is 5.91 Å². The van der Waals surface area contributed by atoms with Crippen LogP contribution in [-0.2, 0) is 4.79 Å². The van der Waals surface area contributed by atoms with E-state index in [-0.39, 0.29) is 18.2 Å². The lowest BCUT2D eigenvalue weighted by Crippen LogP contribution is -2.30. The first kappa shape index (κ1) is 18.5. The number of nitrogens with one attached hydrogen (secondary N) is 1. The lowest BCUT2D eigenvalue weighted by molar-refractivity contribution is -0.128. The molecule has 0 spiro atoms. The molecule has 0 fully saturated rings. The Kier molecular flexibility index (Phi) is 6.81. The van der Waals surface area contributed by atoms with E-state index in [2.05, 4.69) is 26.2 Å². The van der Waals surface area contributed by atoms with Gasteiger partial charge in [0.25, 0.3) is 5.91 Å². The Morgan fingerprint density at radius 3 is 2.58 bits per heavy atom. The van der Waals surface area contributed by atoms with Gasteiger partial charge in [-0.3, -0.25) is 9.59 Å². The summed E-state index contributed by atoms with van der Waals surface area (Å²) >= 11 is 4.83. The lowest BCUT2D eigenvalue weighted by Gasteiger charge is -2.11. The molecule has 0 aliphatic rings. The van der Waals surface area contributed by atoms with Gasteiger partial charge in [-0.25, -0.2) is 4.98 Å². The van der Waals surface area contributed by atoms with Gasteiger partial charge in [-0.2, -0.15) is 0 Å². The zero-order valence-electron chi connectivity index (χ0n) is 13.5. The number of halogens is 1. The highest BCUT2D eigenvalue weighted by atomic mass is 79.9. The Bertz CT molecular complexity index is 720. The number of rotatable bonds is 6. The summed E-state index contributed by atoms with van der Waals surface area (Å²) < 4.78 is 0.997. The largest absolute Gasteiger partial charge is 0.351 e. The van der Waals surface area contributed by atoms with E-state index in [0.717, 1.165) is 9.37 Å². The smallest absolute Gasteiger partial charge is 0.254 e. The van der Waals surface area contributed by atoms with E-state index in [1.54, 1.807) is 32.4 Å². The third kappa shape index (κ3) is 5.35. The number of pyridine rings is 1. The van der Waals surface area contributed by atoms with Crippen LogP contribution in [0.4, 0.5) is 0 Å². The topological polar surface area (TPSA) is 62.3 Å². The Labute approximate surface area is 154 Å². The molecule has 0 saturated carbocycles. The van der Waals surface area contributed by atoms with Crippen LogP contribution in [0.2, 0.25) is 0 Å². The van der Waals surface area contributed by atoms with Gasteiger partial charge in [-0.05, 0) is 36.4 Å². The molecule has 0 saturated heterocycles. The van der Waals surface area contributed by atoms with Gasteiger partial charge in [0, 0.05) is 42.6 Å². The molecule has 0 atom stereocenters. The minimum absolute atomic E-state index is 0.0223. The molecule has 0 aliphatic heterocycles. The SMILES string of the molecule is CN(C)C(=O)CCNC(=O)c1cccnc1Sc1ccc(Br)cc1. The minimum Gasteiger partial charge on any atom is -0.351 e. The van der Waals surface area contributed by atoms with Crippen LogP contribution in [0.5, 0.6) is 0 Å². The van der Waals surface area contributed by atoms with Gasteiger partial charge >= 0.3 is 0 Å². The molecule has 2 amide bonds. The lowest BCUT2D eigenvalue weighted by atomic mass is 10.2. The van der Waals surface area contributed by atoms with E-state index in [1.807, 2.05) is 24.3 Å². The van der Waals surface area contributed by atoms with Gasteiger partial charge < -0.3 is 10.2 Å². The van der Waals surface area contributed by atoms with Crippen LogP contribution in [0, 0.1) is 0 Å². The molecule has 1 heterocycles. The van der Waals surface area contributed by atoms with E-state index in [4.69, 9.17) is 0 Å². The summed E-state index contributed by atoms with van der Waals surface area (Å²) in [6.07, 6.45) is 1.93. The van der Waals surface area contributed by atoms with Gasteiger partial charge in [0.1, 0.15) is 5.03 Å². The maximum absolute atomic E-state index is 12.4. The Morgan fingerprint density at radius 1 is 1.21 bits per heavy atom. The van der Waals surface area contributed by atoms with Gasteiger partial charge in [-0.1, -0.05) is 27.7 Å². The minimum atomic E-state index is -0.228. The van der Waals surface area contributed by atoms with Crippen molar-refractivity contribution >= 4 is 39.5 Å². The molecule has 1 aromatic carbocycles. The van der Waals surface area contributed by atoms with Crippen molar-refractivity contribution < 1.29 is 9.59 Å². The first-order valence-electron chi connectivity index (χ1n) is 7.34. The van der Waals surface area contributed by atoms with Crippen LogP contribution in [0.25, 0.3) is 0 Å². The van der Waals surface area contributed by atoms with Crippen molar-refractivity contribution in [1.82, 2.24) is 15.2 Å². The van der Waals surface area contributed by atoms with Crippen LogP contribution in [0.3, 0.4) is 0 Å². The van der Waals surface area contributed by atoms with Crippen molar-refractivity contribution in [1.29, 1.82) is 0 Å². The first-order chi connectivity index (χ1) is 11.5. The number of carbonyl (C=O) groups is 2. The fourth-order valence-electron chi connectivity index (χ4n) is 1.86. The predicted molar refractivity (Wildman–Crippen MR) is 98.1 cm³/mol. The van der Waals surface area contributed by atoms with E-state index >= 15 is 0 Å². The monoisotopic (exact) mass is 407 g/mol. The van der Waals surface area contributed by atoms with Crippen LogP contribution in [-0.4, -0.2) is 42.3 Å². The van der Waals surface area contributed by atoms with Gasteiger partial charge in [-0.15, -0.1) is 0 Å². The van der Waals surface area contributed by atoms with Crippen LogP contribution in [0.1, 0.15) is 16.8 Å². The molecule has 2 aromatic rings. The fraction of sp³-hybridized carbons (Fsp3) is 0.235. The number of carbonyl (C=O) groups excluding carboxylic acids is 2. The Hall–Kier alpha value is -1.86. The Morgan fingerprint density at radius 2 is 1.92 bits per heavy atom. The van der Waals surface area contributed by atoms with Crippen LogP contribution < -0.4 is 5.32 Å². The molecule has 0 aliphatic carbocycles. The number of nitrogens with zero attached hydrogens (tertiary/aromatic N) is 2. The van der Waals surface area contributed by atoms with E-state index in [9.17, 15) is 9.59 Å². The summed E-state index contributed by atoms with van der Waals surface area (Å²) in [6, 6.07) is 11.3. The average Bonchev–Trinajstić information content (AvgIpc) is 2.57. The highest BCUT2D eigenvalue weighted by molar-refractivity contribution is 9.10. The molecule has 1 aromatic heterocycles. The van der Waals surface area contributed by atoms with E-state index in [1.165, 1.54) is 16.7 Å². The average molecular weight is 408 g/mol. The highest BCUT2D eigenvalue weighted by Gasteiger charge is 2.14. The van der Waals surface area contributed by atoms with Gasteiger partial charge in [0.05, 0.1) is 5.56 Å². The maximum atomic E-state index is 12.4. The second-order valence-electron chi connectivity index (χ2n) is 5.21. The highest BCUT2D eigenvalue weighted by Crippen LogP contribution is 2.29. The summed E-state index contributed by atoms with van der Waals surface area (Å²) in [5, 5.41) is 3.41. The summed E-state index contributed by atoms with van der Waals surface area (Å²) in [5.74, 6) is -0.250. The number of benzene rings is 1. The van der Waals surface area contributed by atoms with Crippen molar-refractivity contribution in [3.8, 4) is 0 Å². The standard InChI is InChI=1S/C17H18BrN3O2S/c1-21(2)15(22)9-11-19-16(23)14-4-3-10-20-17(14)24-13-7-5-12(18)6-8-13/h3-8,10H,9,11H2,1-2H3,(H,19,23).